The Morgan fingerprint density at radius 1 is 0.842 bits per heavy atom. The Bertz CT molecular complexity index is 1430. The molecule has 0 atom stereocenters. The summed E-state index contributed by atoms with van der Waals surface area (Å²) in [6.45, 7) is 9.58. The quantitative estimate of drug-likeness (QED) is 0.418. The number of carbonyl (C=O) groups excluding carboxylic acids is 2. The number of hydrogen-bond donors (Lipinski definition) is 2. The zero-order valence-electron chi connectivity index (χ0n) is 23.0. The molecule has 3 rings (SSSR count). The van der Waals surface area contributed by atoms with Gasteiger partial charge in [0, 0.05) is 31.0 Å². The minimum atomic E-state index is -3.94. The molecule has 0 saturated carbocycles. The van der Waals surface area contributed by atoms with Gasteiger partial charge in [-0.1, -0.05) is 51.1 Å². The standard InChI is InChI=1S/C29H36N4O4S/c1-20-11-12-21(2)26(17-20)33(38(36,37)32(6)7)19-27(34)30-24-9-8-10-25(18-24)31-28(35)22-13-15-23(16-14-22)29(3,4)5/h8-18H,19H2,1-7H3,(H,30,34)(H,31,35). The predicted octanol–water partition coefficient (Wildman–Crippen LogP) is 5.10. The molecule has 3 aromatic carbocycles. The Balaban J connectivity index is 1.76. The van der Waals surface area contributed by atoms with E-state index in [-0.39, 0.29) is 11.3 Å². The average Bonchev–Trinajstić information content (AvgIpc) is 2.83. The maximum absolute atomic E-state index is 13.1. The van der Waals surface area contributed by atoms with E-state index in [9.17, 15) is 18.0 Å². The first kappa shape index (κ1) is 28.9. The molecule has 9 heteroatoms. The maximum atomic E-state index is 13.1. The lowest BCUT2D eigenvalue weighted by Crippen LogP contribution is -2.44. The number of anilines is 3. The van der Waals surface area contributed by atoms with E-state index in [1.807, 2.05) is 31.2 Å². The molecule has 8 nitrogen and oxygen atoms in total. The Hall–Kier alpha value is -3.69. The van der Waals surface area contributed by atoms with E-state index < -0.39 is 22.7 Å². The van der Waals surface area contributed by atoms with E-state index in [0.717, 1.165) is 25.3 Å². The van der Waals surface area contributed by atoms with Gasteiger partial charge in [-0.2, -0.15) is 12.7 Å². The van der Waals surface area contributed by atoms with Crippen LogP contribution < -0.4 is 14.9 Å². The number of aryl methyl sites for hydroxylation is 2. The largest absolute Gasteiger partial charge is 0.324 e. The van der Waals surface area contributed by atoms with Gasteiger partial charge in [0.2, 0.25) is 5.91 Å². The van der Waals surface area contributed by atoms with Crippen LogP contribution in [0.2, 0.25) is 0 Å². The van der Waals surface area contributed by atoms with Crippen LogP contribution in [0, 0.1) is 13.8 Å². The second kappa shape index (κ2) is 11.4. The third-order valence-electron chi connectivity index (χ3n) is 6.08. The van der Waals surface area contributed by atoms with Gasteiger partial charge in [-0.15, -0.1) is 0 Å². The van der Waals surface area contributed by atoms with E-state index in [0.29, 0.717) is 22.6 Å². The van der Waals surface area contributed by atoms with Gasteiger partial charge in [0.05, 0.1) is 5.69 Å². The molecule has 0 aliphatic heterocycles. The minimum absolute atomic E-state index is 0.0129. The van der Waals surface area contributed by atoms with Gasteiger partial charge >= 0.3 is 10.2 Å². The topological polar surface area (TPSA) is 98.8 Å². The van der Waals surface area contributed by atoms with Crippen LogP contribution in [0.25, 0.3) is 0 Å². The fraction of sp³-hybridized carbons (Fsp3) is 0.310. The van der Waals surface area contributed by atoms with Crippen LogP contribution >= 0.6 is 0 Å². The average molecular weight is 537 g/mol. The summed E-state index contributed by atoms with van der Waals surface area (Å²) in [4.78, 5) is 25.8. The van der Waals surface area contributed by atoms with Crippen LogP contribution in [-0.4, -0.2) is 45.2 Å². The molecule has 0 spiro atoms. The first-order valence-corrected chi connectivity index (χ1v) is 13.7. The number of hydrogen-bond acceptors (Lipinski definition) is 4. The molecule has 0 unspecified atom stereocenters. The van der Waals surface area contributed by atoms with E-state index in [1.54, 1.807) is 49.4 Å². The second-order valence-corrected chi connectivity index (χ2v) is 12.6. The molecule has 0 radical (unpaired) electrons. The molecule has 0 aromatic heterocycles. The lowest BCUT2D eigenvalue weighted by molar-refractivity contribution is -0.114. The number of amides is 2. The molecule has 0 fully saturated rings. The Morgan fingerprint density at radius 2 is 1.45 bits per heavy atom. The fourth-order valence-corrected chi connectivity index (χ4v) is 4.93. The Kier molecular flexibility index (Phi) is 8.64. The van der Waals surface area contributed by atoms with E-state index in [1.165, 1.54) is 14.1 Å². The van der Waals surface area contributed by atoms with Crippen molar-refractivity contribution in [1.82, 2.24) is 4.31 Å². The Morgan fingerprint density at radius 3 is 2.03 bits per heavy atom. The molecular formula is C29H36N4O4S. The van der Waals surface area contributed by atoms with Crippen molar-refractivity contribution < 1.29 is 18.0 Å². The van der Waals surface area contributed by atoms with Gasteiger partial charge in [-0.3, -0.25) is 9.59 Å². The van der Waals surface area contributed by atoms with Gasteiger partial charge in [0.15, 0.2) is 0 Å². The van der Waals surface area contributed by atoms with Crippen LogP contribution in [0.4, 0.5) is 17.1 Å². The van der Waals surface area contributed by atoms with Gasteiger partial charge < -0.3 is 10.6 Å². The van der Waals surface area contributed by atoms with Crippen molar-refractivity contribution in [3.05, 3.63) is 89.0 Å². The monoisotopic (exact) mass is 536 g/mol. The van der Waals surface area contributed by atoms with Crippen molar-refractivity contribution in [2.45, 2.75) is 40.0 Å². The number of nitrogens with one attached hydrogen (secondary N) is 2. The highest BCUT2D eigenvalue weighted by Crippen LogP contribution is 2.26. The summed E-state index contributed by atoms with van der Waals surface area (Å²) in [7, 11) is -1.09. The smallest absolute Gasteiger partial charge is 0.304 e. The van der Waals surface area contributed by atoms with Gasteiger partial charge in [-0.25, -0.2) is 4.31 Å². The molecule has 202 valence electrons. The highest BCUT2D eigenvalue weighted by molar-refractivity contribution is 7.90. The lowest BCUT2D eigenvalue weighted by atomic mass is 9.87. The summed E-state index contributed by atoms with van der Waals surface area (Å²) in [6.07, 6.45) is 0. The lowest BCUT2D eigenvalue weighted by Gasteiger charge is -2.28. The van der Waals surface area contributed by atoms with E-state index >= 15 is 0 Å². The molecule has 0 bridgehead atoms. The van der Waals surface area contributed by atoms with Crippen molar-refractivity contribution >= 4 is 39.1 Å². The van der Waals surface area contributed by atoms with Crippen LogP contribution in [0.5, 0.6) is 0 Å². The minimum Gasteiger partial charge on any atom is -0.324 e. The molecule has 0 aliphatic rings. The summed E-state index contributed by atoms with van der Waals surface area (Å²) in [6, 6.07) is 19.6. The SMILES string of the molecule is Cc1ccc(C)c(N(CC(=O)Nc2cccc(NC(=O)c3ccc(C(C)(C)C)cc3)c2)S(=O)(=O)N(C)C)c1. The van der Waals surface area contributed by atoms with Crippen LogP contribution in [0.15, 0.2) is 66.7 Å². The fourth-order valence-electron chi connectivity index (χ4n) is 3.81. The zero-order valence-corrected chi connectivity index (χ0v) is 23.8. The highest BCUT2D eigenvalue weighted by Gasteiger charge is 2.28. The molecular weight excluding hydrogens is 500 g/mol. The van der Waals surface area contributed by atoms with Crippen LogP contribution in [-0.2, 0) is 20.4 Å². The summed E-state index contributed by atoms with van der Waals surface area (Å²) < 4.78 is 28.4. The third-order valence-corrected chi connectivity index (χ3v) is 7.88. The number of carbonyl (C=O) groups is 2. The molecule has 38 heavy (non-hydrogen) atoms. The summed E-state index contributed by atoms with van der Waals surface area (Å²) >= 11 is 0. The van der Waals surface area contributed by atoms with Gasteiger partial charge in [0.1, 0.15) is 6.54 Å². The number of rotatable bonds is 8. The predicted molar refractivity (Wildman–Crippen MR) is 154 cm³/mol. The second-order valence-electron chi connectivity index (χ2n) is 10.5. The van der Waals surface area contributed by atoms with Crippen molar-refractivity contribution in [3.63, 3.8) is 0 Å². The highest BCUT2D eigenvalue weighted by atomic mass is 32.2. The first-order chi connectivity index (χ1) is 17.7. The van der Waals surface area contributed by atoms with Crippen molar-refractivity contribution in [3.8, 4) is 0 Å². The van der Waals surface area contributed by atoms with Gasteiger partial charge in [-0.05, 0) is 72.4 Å². The molecule has 3 aromatic rings. The van der Waals surface area contributed by atoms with Crippen molar-refractivity contribution in [2.24, 2.45) is 0 Å². The molecule has 2 amide bonds. The molecule has 0 heterocycles. The van der Waals surface area contributed by atoms with Crippen LogP contribution in [0.3, 0.4) is 0 Å². The summed E-state index contributed by atoms with van der Waals surface area (Å²) in [5.74, 6) is -0.787. The third kappa shape index (κ3) is 6.99. The normalized spacial score (nSPS) is 11.8. The summed E-state index contributed by atoms with van der Waals surface area (Å²) in [5.41, 5.74) is 4.61. The molecule has 0 saturated heterocycles. The number of nitrogens with zero attached hydrogens (tertiary/aromatic N) is 2. The van der Waals surface area contributed by atoms with Crippen LogP contribution in [0.1, 0.15) is 47.8 Å². The zero-order chi connectivity index (χ0) is 28.3. The first-order valence-electron chi connectivity index (χ1n) is 12.3. The number of benzene rings is 3. The molecule has 0 aliphatic carbocycles. The maximum Gasteiger partial charge on any atom is 0.304 e. The summed E-state index contributed by atoms with van der Waals surface area (Å²) in [5, 5.41) is 5.60. The molecule has 2 N–H and O–H groups in total. The van der Waals surface area contributed by atoms with Crippen molar-refractivity contribution in [1.29, 1.82) is 0 Å². The van der Waals surface area contributed by atoms with E-state index in [2.05, 4.69) is 31.4 Å². The van der Waals surface area contributed by atoms with E-state index in [4.69, 9.17) is 0 Å². The Labute approximate surface area is 225 Å². The van der Waals surface area contributed by atoms with Crippen molar-refractivity contribution in [2.75, 3.05) is 35.6 Å². The van der Waals surface area contributed by atoms with Gasteiger partial charge in [0.25, 0.3) is 5.91 Å².